The van der Waals surface area contributed by atoms with Gasteiger partial charge in [-0.25, -0.2) is 0 Å². The highest BCUT2D eigenvalue weighted by Gasteiger charge is 2.19. The minimum atomic E-state index is -0.793. The molecule has 0 N–H and O–H groups in total. The summed E-state index contributed by atoms with van der Waals surface area (Å²) in [6.45, 7) is 6.50. The highest BCUT2D eigenvalue weighted by molar-refractivity contribution is 5.71. The van der Waals surface area contributed by atoms with Crippen LogP contribution in [0.2, 0.25) is 0 Å². The van der Waals surface area contributed by atoms with Gasteiger partial charge in [-0.05, 0) is 89.9 Å². The van der Waals surface area contributed by atoms with Crippen molar-refractivity contribution in [3.8, 4) is 0 Å². The van der Waals surface area contributed by atoms with Crippen molar-refractivity contribution in [2.45, 2.75) is 284 Å². The van der Waals surface area contributed by atoms with Crippen molar-refractivity contribution >= 4 is 17.9 Å². The average Bonchev–Trinajstić information content (AvgIpc) is 3.33. The molecule has 0 unspecified atom stereocenters. The second-order valence-corrected chi connectivity index (χ2v) is 18.8. The van der Waals surface area contributed by atoms with E-state index in [4.69, 9.17) is 14.2 Å². The van der Waals surface area contributed by atoms with E-state index in [2.05, 4.69) is 93.7 Å². The molecule has 0 saturated carbocycles. The Balaban J connectivity index is 4.44. The minimum absolute atomic E-state index is 0.0879. The maximum atomic E-state index is 12.8. The van der Waals surface area contributed by atoms with Gasteiger partial charge < -0.3 is 14.2 Å². The molecule has 0 radical (unpaired) electrons. The standard InChI is InChI=1S/C61H106O6/c1-4-7-10-13-16-19-22-25-28-29-30-31-34-37-40-43-46-49-52-55-61(64)67-58(56-65-59(62)53-50-47-44-41-38-35-32-26-23-20-17-14-11-8-5-2)57-66-60(63)54-51-48-45-42-39-36-33-27-24-21-18-15-12-9-6-3/h7,10,16,19-20,23,25,28,30-31,37,40,58H,4-6,8-9,11-15,17-18,21-22,24,26-27,29,32-36,38-39,41-57H2,1-3H3/b10-7-,19-16-,23-20-,28-25-,31-30-,40-37-/t58-/m1/s1. The maximum absolute atomic E-state index is 12.8. The molecule has 6 nitrogen and oxygen atoms in total. The second-order valence-electron chi connectivity index (χ2n) is 18.8. The van der Waals surface area contributed by atoms with Crippen molar-refractivity contribution in [1.29, 1.82) is 0 Å². The fourth-order valence-corrected chi connectivity index (χ4v) is 7.93. The zero-order chi connectivity index (χ0) is 48.6. The van der Waals surface area contributed by atoms with Crippen LogP contribution in [-0.2, 0) is 28.6 Å². The van der Waals surface area contributed by atoms with Gasteiger partial charge >= 0.3 is 17.9 Å². The third kappa shape index (κ3) is 53.7. The van der Waals surface area contributed by atoms with Crippen molar-refractivity contribution < 1.29 is 28.6 Å². The highest BCUT2D eigenvalue weighted by atomic mass is 16.6. The van der Waals surface area contributed by atoms with E-state index < -0.39 is 6.10 Å². The van der Waals surface area contributed by atoms with Crippen LogP contribution in [0.15, 0.2) is 72.9 Å². The first kappa shape index (κ1) is 63.8. The first-order chi connectivity index (χ1) is 33.0. The van der Waals surface area contributed by atoms with Crippen molar-refractivity contribution in [3.63, 3.8) is 0 Å². The van der Waals surface area contributed by atoms with Gasteiger partial charge in [0.05, 0.1) is 0 Å². The molecule has 6 heteroatoms. The number of hydrogen-bond acceptors (Lipinski definition) is 6. The van der Waals surface area contributed by atoms with Gasteiger partial charge in [0.1, 0.15) is 13.2 Å². The van der Waals surface area contributed by atoms with Crippen LogP contribution in [0.1, 0.15) is 278 Å². The van der Waals surface area contributed by atoms with Crippen molar-refractivity contribution in [3.05, 3.63) is 72.9 Å². The molecule has 386 valence electrons. The van der Waals surface area contributed by atoms with Crippen molar-refractivity contribution in [2.75, 3.05) is 13.2 Å². The summed E-state index contributed by atoms with van der Waals surface area (Å²) in [4.78, 5) is 38.1. The molecule has 0 aromatic carbocycles. The Morgan fingerprint density at radius 3 is 0.955 bits per heavy atom. The Morgan fingerprint density at radius 1 is 0.313 bits per heavy atom. The molecule has 0 rings (SSSR count). The van der Waals surface area contributed by atoms with E-state index in [-0.39, 0.29) is 31.1 Å². The summed E-state index contributed by atoms with van der Waals surface area (Å²) < 4.78 is 16.8. The molecule has 0 heterocycles. The molecule has 0 aliphatic heterocycles. The van der Waals surface area contributed by atoms with Crippen LogP contribution < -0.4 is 0 Å². The predicted molar refractivity (Wildman–Crippen MR) is 288 cm³/mol. The molecule has 0 saturated heterocycles. The Morgan fingerprint density at radius 2 is 0.582 bits per heavy atom. The summed E-state index contributed by atoms with van der Waals surface area (Å²) >= 11 is 0. The summed E-state index contributed by atoms with van der Waals surface area (Å²) in [6.07, 6.45) is 70.3. The first-order valence-electron chi connectivity index (χ1n) is 28.4. The van der Waals surface area contributed by atoms with Crippen molar-refractivity contribution in [1.82, 2.24) is 0 Å². The smallest absolute Gasteiger partial charge is 0.306 e. The van der Waals surface area contributed by atoms with Gasteiger partial charge in [0.2, 0.25) is 0 Å². The van der Waals surface area contributed by atoms with E-state index in [1.54, 1.807) is 0 Å². The average molecular weight is 936 g/mol. The van der Waals surface area contributed by atoms with E-state index in [1.807, 2.05) is 0 Å². The SMILES string of the molecule is CC/C=C\C/C=C\C/C=C\C/C=C\C/C=C\CCCCCC(=O)O[C@H](COC(=O)CCCCCCCCC/C=C\CCCCCC)COC(=O)CCCCCCCCCCCCCCCCC. The molecular weight excluding hydrogens is 829 g/mol. The lowest BCUT2D eigenvalue weighted by atomic mass is 10.0. The lowest BCUT2D eigenvalue weighted by Crippen LogP contribution is -2.30. The van der Waals surface area contributed by atoms with Crippen LogP contribution in [0.25, 0.3) is 0 Å². The second kappa shape index (κ2) is 55.4. The Bertz CT molecular complexity index is 1260. The van der Waals surface area contributed by atoms with Gasteiger partial charge in [0.15, 0.2) is 6.10 Å². The van der Waals surface area contributed by atoms with Gasteiger partial charge in [-0.3, -0.25) is 14.4 Å². The van der Waals surface area contributed by atoms with Gasteiger partial charge in [0, 0.05) is 19.3 Å². The van der Waals surface area contributed by atoms with Crippen LogP contribution in [0.5, 0.6) is 0 Å². The fraction of sp³-hybridized carbons (Fsp3) is 0.754. The summed E-state index contributed by atoms with van der Waals surface area (Å²) in [5, 5.41) is 0. The number of ether oxygens (including phenoxy) is 3. The number of carbonyl (C=O) groups excluding carboxylic acids is 3. The summed E-state index contributed by atoms with van der Waals surface area (Å²) in [6, 6.07) is 0. The number of hydrogen-bond donors (Lipinski definition) is 0. The van der Waals surface area contributed by atoms with Crippen LogP contribution in [0, 0.1) is 0 Å². The van der Waals surface area contributed by atoms with E-state index in [9.17, 15) is 14.4 Å². The van der Waals surface area contributed by atoms with Crippen molar-refractivity contribution in [2.24, 2.45) is 0 Å². The summed E-state index contributed by atoms with van der Waals surface area (Å²) in [7, 11) is 0. The van der Waals surface area contributed by atoms with Gasteiger partial charge in [-0.15, -0.1) is 0 Å². The lowest BCUT2D eigenvalue weighted by molar-refractivity contribution is -0.167. The maximum Gasteiger partial charge on any atom is 0.306 e. The lowest BCUT2D eigenvalue weighted by Gasteiger charge is -2.18. The monoisotopic (exact) mass is 935 g/mol. The molecule has 1 atom stereocenters. The molecule has 0 fully saturated rings. The van der Waals surface area contributed by atoms with Crippen LogP contribution in [0.3, 0.4) is 0 Å². The molecule has 0 aliphatic carbocycles. The zero-order valence-corrected chi connectivity index (χ0v) is 44.2. The Kier molecular flexibility index (Phi) is 52.8. The third-order valence-corrected chi connectivity index (χ3v) is 12.2. The normalized spacial score (nSPS) is 12.6. The summed E-state index contributed by atoms with van der Waals surface area (Å²) in [5.41, 5.74) is 0. The predicted octanol–water partition coefficient (Wildman–Crippen LogP) is 19.0. The van der Waals surface area contributed by atoms with Crippen LogP contribution in [0.4, 0.5) is 0 Å². The van der Waals surface area contributed by atoms with Crippen LogP contribution in [-0.4, -0.2) is 37.2 Å². The molecule has 0 aromatic heterocycles. The zero-order valence-electron chi connectivity index (χ0n) is 44.2. The number of unbranched alkanes of at least 4 members (excludes halogenated alkanes) is 28. The number of rotatable bonds is 51. The third-order valence-electron chi connectivity index (χ3n) is 12.2. The fourth-order valence-electron chi connectivity index (χ4n) is 7.93. The first-order valence-corrected chi connectivity index (χ1v) is 28.4. The molecule has 67 heavy (non-hydrogen) atoms. The molecule has 0 aromatic rings. The number of allylic oxidation sites excluding steroid dienone is 12. The topological polar surface area (TPSA) is 78.9 Å². The van der Waals surface area contributed by atoms with Gasteiger partial charge in [-0.1, -0.05) is 241 Å². The van der Waals surface area contributed by atoms with E-state index in [0.29, 0.717) is 19.3 Å². The number of carbonyl (C=O) groups is 3. The van der Waals surface area contributed by atoms with E-state index in [1.165, 1.54) is 141 Å². The molecule has 0 spiro atoms. The Hall–Kier alpha value is -3.15. The van der Waals surface area contributed by atoms with Gasteiger partial charge in [-0.2, -0.15) is 0 Å². The van der Waals surface area contributed by atoms with E-state index in [0.717, 1.165) is 96.3 Å². The quantitative estimate of drug-likeness (QED) is 0.0262. The van der Waals surface area contributed by atoms with E-state index >= 15 is 0 Å². The molecule has 0 aliphatic rings. The number of esters is 3. The molecule has 0 amide bonds. The Labute approximate surface area is 414 Å². The molecule has 0 bridgehead atoms. The van der Waals surface area contributed by atoms with Crippen LogP contribution >= 0.6 is 0 Å². The van der Waals surface area contributed by atoms with Gasteiger partial charge in [0.25, 0.3) is 0 Å². The minimum Gasteiger partial charge on any atom is -0.462 e. The highest BCUT2D eigenvalue weighted by Crippen LogP contribution is 2.16. The largest absolute Gasteiger partial charge is 0.462 e. The summed E-state index contributed by atoms with van der Waals surface area (Å²) in [5.74, 6) is -0.916. The molecular formula is C61H106O6.